The average molecular weight is 368 g/mol. The first-order chi connectivity index (χ1) is 12.7. The molecule has 0 aromatic heterocycles. The Labute approximate surface area is 156 Å². The third-order valence-corrected chi connectivity index (χ3v) is 5.82. The number of nitrogens with zero attached hydrogens (tertiary/aromatic N) is 1. The van der Waals surface area contributed by atoms with Crippen molar-refractivity contribution in [2.45, 2.75) is 18.2 Å². The molecule has 2 fully saturated rings. The Balaban J connectivity index is 1.58. The van der Waals surface area contributed by atoms with Gasteiger partial charge in [0, 0.05) is 17.3 Å². The minimum atomic E-state index is -0.103. The highest BCUT2D eigenvalue weighted by atomic mass is 32.2. The molecule has 0 radical (unpaired) electrons. The molecule has 2 aromatic carbocycles. The van der Waals surface area contributed by atoms with Crippen LogP contribution in [0.1, 0.15) is 23.8 Å². The van der Waals surface area contributed by atoms with Gasteiger partial charge in [0.05, 0.1) is 12.9 Å². The van der Waals surface area contributed by atoms with E-state index >= 15 is 0 Å². The van der Waals surface area contributed by atoms with Crippen molar-refractivity contribution < 1.29 is 14.3 Å². The summed E-state index contributed by atoms with van der Waals surface area (Å²) in [5, 5.41) is 2.88. The molecule has 1 N–H and O–H groups in total. The highest BCUT2D eigenvalue weighted by Gasteiger charge is 2.34. The van der Waals surface area contributed by atoms with Gasteiger partial charge in [-0.3, -0.25) is 14.5 Å². The summed E-state index contributed by atoms with van der Waals surface area (Å²) in [6.07, 6.45) is 1.95. The fraction of sp³-hybridized carbons (Fsp3) is 0.300. The summed E-state index contributed by atoms with van der Waals surface area (Å²) >= 11 is 1.60. The molecule has 0 unspecified atom stereocenters. The molecule has 5 nitrogen and oxygen atoms in total. The van der Waals surface area contributed by atoms with E-state index in [0.717, 1.165) is 35.5 Å². The smallest absolute Gasteiger partial charge is 0.238 e. The molecule has 2 aliphatic rings. The second-order valence-electron chi connectivity index (χ2n) is 6.51. The van der Waals surface area contributed by atoms with Gasteiger partial charge in [0.15, 0.2) is 0 Å². The summed E-state index contributed by atoms with van der Waals surface area (Å²) in [4.78, 5) is 26.3. The first-order valence-electron chi connectivity index (χ1n) is 8.64. The SMILES string of the molecule is COc1ccc(N2C(=O)CS[C@H]2c2cccc(NC(=O)C3CC3)c2)cc1. The molecule has 1 aliphatic carbocycles. The van der Waals surface area contributed by atoms with Crippen LogP contribution in [0.15, 0.2) is 48.5 Å². The summed E-state index contributed by atoms with van der Waals surface area (Å²) in [5.41, 5.74) is 2.64. The van der Waals surface area contributed by atoms with Crippen LogP contribution in [0.4, 0.5) is 11.4 Å². The van der Waals surface area contributed by atoms with E-state index in [1.165, 1.54) is 0 Å². The molecule has 134 valence electrons. The minimum Gasteiger partial charge on any atom is -0.497 e. The lowest BCUT2D eigenvalue weighted by Gasteiger charge is -2.25. The molecule has 1 aliphatic heterocycles. The maximum atomic E-state index is 12.5. The second-order valence-corrected chi connectivity index (χ2v) is 7.58. The van der Waals surface area contributed by atoms with Crippen molar-refractivity contribution in [3.8, 4) is 5.75 Å². The van der Waals surface area contributed by atoms with Crippen LogP contribution < -0.4 is 15.0 Å². The van der Waals surface area contributed by atoms with Gasteiger partial charge in [-0.25, -0.2) is 0 Å². The summed E-state index contributed by atoms with van der Waals surface area (Å²) in [6.45, 7) is 0. The first kappa shape index (κ1) is 17.0. The van der Waals surface area contributed by atoms with Crippen LogP contribution in [0.5, 0.6) is 5.75 Å². The molecule has 6 heteroatoms. The highest BCUT2D eigenvalue weighted by Crippen LogP contribution is 2.42. The lowest BCUT2D eigenvalue weighted by atomic mass is 10.1. The molecule has 2 aromatic rings. The van der Waals surface area contributed by atoms with Gasteiger partial charge in [0.25, 0.3) is 0 Å². The Hall–Kier alpha value is -2.47. The van der Waals surface area contributed by atoms with E-state index in [2.05, 4.69) is 5.32 Å². The molecular weight excluding hydrogens is 348 g/mol. The lowest BCUT2D eigenvalue weighted by Crippen LogP contribution is -2.27. The minimum absolute atomic E-state index is 0.0811. The van der Waals surface area contributed by atoms with Crippen LogP contribution in [0.3, 0.4) is 0 Å². The van der Waals surface area contributed by atoms with E-state index < -0.39 is 0 Å². The molecule has 1 saturated carbocycles. The summed E-state index contributed by atoms with van der Waals surface area (Å²) in [7, 11) is 1.62. The molecule has 1 saturated heterocycles. The maximum Gasteiger partial charge on any atom is 0.238 e. The second kappa shape index (κ2) is 7.03. The molecular formula is C20H20N2O3S. The van der Waals surface area contributed by atoms with Crippen LogP contribution in [0.25, 0.3) is 0 Å². The van der Waals surface area contributed by atoms with Gasteiger partial charge in [-0.05, 0) is 54.8 Å². The van der Waals surface area contributed by atoms with Gasteiger partial charge in [0.1, 0.15) is 11.1 Å². The Morgan fingerprint density at radius 1 is 1.19 bits per heavy atom. The fourth-order valence-corrected chi connectivity index (χ4v) is 4.22. The standard InChI is InChI=1S/C20H20N2O3S/c1-25-17-9-7-16(8-10-17)22-18(23)12-26-20(22)14-3-2-4-15(11-14)21-19(24)13-5-6-13/h2-4,7-11,13,20H,5-6,12H2,1H3,(H,21,24)/t20-/m0/s1. The van der Waals surface area contributed by atoms with Crippen molar-refractivity contribution in [3.63, 3.8) is 0 Å². The zero-order chi connectivity index (χ0) is 18.1. The zero-order valence-electron chi connectivity index (χ0n) is 14.5. The van der Waals surface area contributed by atoms with Crippen LogP contribution in [-0.2, 0) is 9.59 Å². The Morgan fingerprint density at radius 2 is 1.96 bits per heavy atom. The predicted octanol–water partition coefficient (Wildman–Crippen LogP) is 3.82. The van der Waals surface area contributed by atoms with Crippen LogP contribution >= 0.6 is 11.8 Å². The maximum absolute atomic E-state index is 12.5. The molecule has 26 heavy (non-hydrogen) atoms. The molecule has 4 rings (SSSR count). The quantitative estimate of drug-likeness (QED) is 0.872. The van der Waals surface area contributed by atoms with E-state index in [1.807, 2.05) is 53.4 Å². The van der Waals surface area contributed by atoms with Gasteiger partial charge in [-0.2, -0.15) is 0 Å². The zero-order valence-corrected chi connectivity index (χ0v) is 15.3. The molecule has 1 atom stereocenters. The average Bonchev–Trinajstić information content (AvgIpc) is 3.45. The van der Waals surface area contributed by atoms with E-state index in [-0.39, 0.29) is 23.1 Å². The number of benzene rings is 2. The number of carbonyl (C=O) groups excluding carboxylic acids is 2. The summed E-state index contributed by atoms with van der Waals surface area (Å²) in [6, 6.07) is 15.3. The third-order valence-electron chi connectivity index (χ3n) is 4.61. The van der Waals surface area contributed by atoms with Gasteiger partial charge in [-0.15, -0.1) is 11.8 Å². The van der Waals surface area contributed by atoms with E-state index in [9.17, 15) is 9.59 Å². The van der Waals surface area contributed by atoms with Gasteiger partial charge in [-0.1, -0.05) is 12.1 Å². The number of hydrogen-bond donors (Lipinski definition) is 1. The summed E-state index contributed by atoms with van der Waals surface area (Å²) in [5.74, 6) is 1.53. The van der Waals surface area contributed by atoms with Crippen molar-refractivity contribution in [3.05, 3.63) is 54.1 Å². The van der Waals surface area contributed by atoms with E-state index in [0.29, 0.717) is 5.75 Å². The Bertz CT molecular complexity index is 833. The first-order valence-corrected chi connectivity index (χ1v) is 9.69. The normalized spacial score (nSPS) is 19.5. The lowest BCUT2D eigenvalue weighted by molar-refractivity contribution is -0.117. The summed E-state index contributed by atoms with van der Waals surface area (Å²) < 4.78 is 5.20. The molecule has 1 heterocycles. The molecule has 0 spiro atoms. The van der Waals surface area contributed by atoms with Crippen molar-refractivity contribution in [2.24, 2.45) is 5.92 Å². The van der Waals surface area contributed by atoms with Gasteiger partial charge in [0.2, 0.25) is 11.8 Å². The number of thioether (sulfide) groups is 1. The van der Waals surface area contributed by atoms with E-state index in [1.54, 1.807) is 18.9 Å². The number of ether oxygens (including phenoxy) is 1. The van der Waals surface area contributed by atoms with Crippen LogP contribution in [-0.4, -0.2) is 24.7 Å². The number of anilines is 2. The van der Waals surface area contributed by atoms with E-state index in [4.69, 9.17) is 4.74 Å². The highest BCUT2D eigenvalue weighted by molar-refractivity contribution is 8.00. The molecule has 2 amide bonds. The third kappa shape index (κ3) is 3.42. The predicted molar refractivity (Wildman–Crippen MR) is 103 cm³/mol. The Morgan fingerprint density at radius 3 is 2.65 bits per heavy atom. The van der Waals surface area contributed by atoms with Crippen molar-refractivity contribution in [2.75, 3.05) is 23.1 Å². The van der Waals surface area contributed by atoms with Gasteiger partial charge >= 0.3 is 0 Å². The number of hydrogen-bond acceptors (Lipinski definition) is 4. The topological polar surface area (TPSA) is 58.6 Å². The van der Waals surface area contributed by atoms with Crippen molar-refractivity contribution in [1.82, 2.24) is 0 Å². The van der Waals surface area contributed by atoms with Gasteiger partial charge < -0.3 is 10.1 Å². The number of nitrogens with one attached hydrogen (secondary N) is 1. The fourth-order valence-electron chi connectivity index (χ4n) is 3.05. The number of carbonyl (C=O) groups is 2. The Kier molecular flexibility index (Phi) is 4.59. The van der Waals surface area contributed by atoms with Crippen LogP contribution in [0, 0.1) is 5.92 Å². The van der Waals surface area contributed by atoms with Crippen molar-refractivity contribution in [1.29, 1.82) is 0 Å². The number of rotatable bonds is 5. The number of methoxy groups -OCH3 is 1. The number of amides is 2. The molecule has 0 bridgehead atoms. The largest absolute Gasteiger partial charge is 0.497 e. The van der Waals surface area contributed by atoms with Crippen molar-refractivity contribution >= 4 is 35.0 Å². The van der Waals surface area contributed by atoms with Crippen LogP contribution in [0.2, 0.25) is 0 Å². The monoisotopic (exact) mass is 368 g/mol.